The molecule has 1 heterocycles. The average molecular weight is 236 g/mol. The summed E-state index contributed by atoms with van der Waals surface area (Å²) in [7, 11) is 2.06. The monoisotopic (exact) mass is 236 g/mol. The molecule has 5 heteroatoms. The highest BCUT2D eigenvalue weighted by Crippen LogP contribution is 2.27. The van der Waals surface area contributed by atoms with Crippen LogP contribution in [0.5, 0.6) is 0 Å². The number of hydrogen-bond donors (Lipinski definition) is 2. The Kier molecular flexibility index (Phi) is 3.24. The zero-order chi connectivity index (χ0) is 11.5. The zero-order valence-electron chi connectivity index (χ0n) is 9.53. The lowest BCUT2D eigenvalue weighted by atomic mass is 10.2. The number of nitrogens with two attached hydrogens (primary N) is 1. The van der Waals surface area contributed by atoms with E-state index in [1.54, 1.807) is 6.20 Å². The van der Waals surface area contributed by atoms with Crippen molar-refractivity contribution < 1.29 is 0 Å². The van der Waals surface area contributed by atoms with Gasteiger partial charge in [-0.25, -0.2) is 0 Å². The van der Waals surface area contributed by atoms with Crippen LogP contribution < -0.4 is 10.6 Å². The highest BCUT2D eigenvalue weighted by Gasteiger charge is 2.07. The maximum absolute atomic E-state index is 6.03. The predicted molar refractivity (Wildman–Crippen MR) is 72.2 cm³/mol. The zero-order valence-corrected chi connectivity index (χ0v) is 10.3. The van der Waals surface area contributed by atoms with Gasteiger partial charge in [0.2, 0.25) is 0 Å². The average Bonchev–Trinajstić information content (AvgIpc) is 2.71. The van der Waals surface area contributed by atoms with Crippen molar-refractivity contribution in [3.05, 3.63) is 18.3 Å². The molecule has 16 heavy (non-hydrogen) atoms. The Bertz CT molecular complexity index is 480. The minimum atomic E-state index is 0.803. The van der Waals surface area contributed by atoms with Crippen molar-refractivity contribution in [2.24, 2.45) is 0 Å². The summed E-state index contributed by atoms with van der Waals surface area (Å²) in [6, 6.07) is 4.02. The quantitative estimate of drug-likeness (QED) is 0.797. The van der Waals surface area contributed by atoms with Crippen molar-refractivity contribution >= 4 is 34.0 Å². The molecule has 0 saturated carbocycles. The summed E-state index contributed by atoms with van der Waals surface area (Å²) in [5, 5.41) is 8.02. The van der Waals surface area contributed by atoms with E-state index in [1.807, 2.05) is 17.8 Å². The Morgan fingerprint density at radius 1 is 1.50 bits per heavy atom. The van der Waals surface area contributed by atoms with Gasteiger partial charge in [0.05, 0.1) is 23.1 Å². The highest BCUT2D eigenvalue weighted by molar-refractivity contribution is 7.98. The van der Waals surface area contributed by atoms with Crippen LogP contribution in [0.25, 0.3) is 10.9 Å². The van der Waals surface area contributed by atoms with Crippen molar-refractivity contribution in [1.82, 2.24) is 10.2 Å². The van der Waals surface area contributed by atoms with E-state index in [0.717, 1.165) is 34.6 Å². The summed E-state index contributed by atoms with van der Waals surface area (Å²) in [6.07, 6.45) is 3.90. The predicted octanol–water partition coefficient (Wildman–Crippen LogP) is 1.94. The second-order valence-corrected chi connectivity index (χ2v) is 4.77. The summed E-state index contributed by atoms with van der Waals surface area (Å²) < 4.78 is 0. The van der Waals surface area contributed by atoms with Gasteiger partial charge in [0, 0.05) is 24.7 Å². The molecule has 0 fully saturated rings. The Morgan fingerprint density at radius 3 is 3.06 bits per heavy atom. The van der Waals surface area contributed by atoms with Gasteiger partial charge in [-0.3, -0.25) is 5.10 Å². The van der Waals surface area contributed by atoms with E-state index in [0.29, 0.717) is 0 Å². The second kappa shape index (κ2) is 4.65. The molecule has 4 nitrogen and oxygen atoms in total. The van der Waals surface area contributed by atoms with Crippen LogP contribution in [0, 0.1) is 0 Å². The van der Waals surface area contributed by atoms with Gasteiger partial charge in [-0.05, 0) is 18.4 Å². The molecule has 0 saturated heterocycles. The number of benzene rings is 1. The van der Waals surface area contributed by atoms with Gasteiger partial charge in [0.1, 0.15) is 0 Å². The van der Waals surface area contributed by atoms with Gasteiger partial charge < -0.3 is 10.6 Å². The van der Waals surface area contributed by atoms with Crippen LogP contribution in [0.15, 0.2) is 18.3 Å². The Labute approximate surface area is 99.2 Å². The number of fused-ring (bicyclic) bond motifs is 1. The molecule has 1 aromatic carbocycles. The minimum Gasteiger partial charge on any atom is -0.397 e. The van der Waals surface area contributed by atoms with Gasteiger partial charge in [-0.15, -0.1) is 0 Å². The van der Waals surface area contributed by atoms with Crippen molar-refractivity contribution in [1.29, 1.82) is 0 Å². The molecule has 0 unspecified atom stereocenters. The van der Waals surface area contributed by atoms with Crippen molar-refractivity contribution in [3.63, 3.8) is 0 Å². The van der Waals surface area contributed by atoms with Crippen LogP contribution in [0.1, 0.15) is 0 Å². The van der Waals surface area contributed by atoms with E-state index in [1.165, 1.54) is 0 Å². The van der Waals surface area contributed by atoms with Crippen LogP contribution in [0.3, 0.4) is 0 Å². The van der Waals surface area contributed by atoms with Crippen molar-refractivity contribution in [3.8, 4) is 0 Å². The molecular weight excluding hydrogens is 220 g/mol. The standard InChI is InChI=1S/C11H16N4S/c1-15(3-4-16-2)11-6-10-8(5-9(11)12)7-13-14-10/h5-7H,3-4,12H2,1-2H3,(H,13,14). The van der Waals surface area contributed by atoms with E-state index in [-0.39, 0.29) is 0 Å². The van der Waals surface area contributed by atoms with E-state index in [4.69, 9.17) is 5.73 Å². The molecule has 0 radical (unpaired) electrons. The lowest BCUT2D eigenvalue weighted by Crippen LogP contribution is -2.21. The molecule has 0 spiro atoms. The molecular formula is C11H16N4S. The lowest BCUT2D eigenvalue weighted by molar-refractivity contribution is 0.981. The second-order valence-electron chi connectivity index (χ2n) is 3.78. The summed E-state index contributed by atoms with van der Waals surface area (Å²) in [5.41, 5.74) is 8.92. The summed E-state index contributed by atoms with van der Waals surface area (Å²) in [4.78, 5) is 2.17. The van der Waals surface area contributed by atoms with E-state index in [2.05, 4.69) is 34.5 Å². The van der Waals surface area contributed by atoms with Gasteiger partial charge in [0.15, 0.2) is 0 Å². The fourth-order valence-electron chi connectivity index (χ4n) is 1.68. The smallest absolute Gasteiger partial charge is 0.0672 e. The largest absolute Gasteiger partial charge is 0.397 e. The first-order valence-corrected chi connectivity index (χ1v) is 6.54. The third-order valence-corrected chi connectivity index (χ3v) is 3.22. The Balaban J connectivity index is 2.31. The van der Waals surface area contributed by atoms with Gasteiger partial charge in [-0.1, -0.05) is 0 Å². The number of thioether (sulfide) groups is 1. The molecule has 3 N–H and O–H groups in total. The number of H-pyrrole nitrogens is 1. The number of nitrogen functional groups attached to an aromatic ring is 1. The lowest BCUT2D eigenvalue weighted by Gasteiger charge is -2.20. The topological polar surface area (TPSA) is 57.9 Å². The number of anilines is 2. The molecule has 0 aliphatic heterocycles. The summed E-state index contributed by atoms with van der Waals surface area (Å²) in [6.45, 7) is 0.991. The Morgan fingerprint density at radius 2 is 2.31 bits per heavy atom. The van der Waals surface area contributed by atoms with Gasteiger partial charge in [-0.2, -0.15) is 16.9 Å². The minimum absolute atomic E-state index is 0.803. The number of aromatic nitrogens is 2. The third-order valence-electron chi connectivity index (χ3n) is 2.63. The fourth-order valence-corrected chi connectivity index (χ4v) is 2.13. The number of aromatic amines is 1. The maximum Gasteiger partial charge on any atom is 0.0672 e. The van der Waals surface area contributed by atoms with E-state index in [9.17, 15) is 0 Å². The van der Waals surface area contributed by atoms with Crippen LogP contribution in [-0.2, 0) is 0 Å². The fraction of sp³-hybridized carbons (Fsp3) is 0.364. The number of rotatable bonds is 4. The first kappa shape index (κ1) is 11.1. The number of hydrogen-bond acceptors (Lipinski definition) is 4. The first-order valence-electron chi connectivity index (χ1n) is 5.15. The summed E-state index contributed by atoms with van der Waals surface area (Å²) >= 11 is 1.83. The SMILES string of the molecule is CSCCN(C)c1cc2[nH]ncc2cc1N. The molecule has 1 aromatic heterocycles. The number of nitrogens with one attached hydrogen (secondary N) is 1. The van der Waals surface area contributed by atoms with Gasteiger partial charge >= 0.3 is 0 Å². The molecule has 86 valence electrons. The Hall–Kier alpha value is -1.36. The highest BCUT2D eigenvalue weighted by atomic mass is 32.2. The molecule has 0 atom stereocenters. The third kappa shape index (κ3) is 2.09. The first-order chi connectivity index (χ1) is 7.72. The maximum atomic E-state index is 6.03. The van der Waals surface area contributed by atoms with Crippen LogP contribution in [0.4, 0.5) is 11.4 Å². The van der Waals surface area contributed by atoms with Crippen molar-refractivity contribution in [2.45, 2.75) is 0 Å². The number of nitrogens with zero attached hydrogens (tertiary/aromatic N) is 2. The van der Waals surface area contributed by atoms with E-state index < -0.39 is 0 Å². The molecule has 0 bridgehead atoms. The van der Waals surface area contributed by atoms with Crippen LogP contribution in [-0.4, -0.2) is 35.8 Å². The van der Waals surface area contributed by atoms with E-state index >= 15 is 0 Å². The van der Waals surface area contributed by atoms with Crippen LogP contribution >= 0.6 is 11.8 Å². The molecule has 0 amide bonds. The normalized spacial score (nSPS) is 10.9. The molecule has 2 rings (SSSR count). The summed E-state index contributed by atoms with van der Waals surface area (Å²) in [5.74, 6) is 1.09. The molecule has 2 aromatic rings. The molecule has 0 aliphatic rings. The van der Waals surface area contributed by atoms with Crippen LogP contribution in [0.2, 0.25) is 0 Å². The molecule has 0 aliphatic carbocycles. The van der Waals surface area contributed by atoms with Crippen molar-refractivity contribution in [2.75, 3.05) is 36.2 Å². The van der Waals surface area contributed by atoms with Gasteiger partial charge in [0.25, 0.3) is 0 Å².